The zero-order valence-corrected chi connectivity index (χ0v) is 16.6. The number of benzene rings is 1. The number of nitrogens with one attached hydrogen (secondary N) is 1. The van der Waals surface area contributed by atoms with E-state index >= 15 is 0 Å². The van der Waals surface area contributed by atoms with Gasteiger partial charge in [0.25, 0.3) is 11.8 Å². The molecule has 1 atom stereocenters. The Labute approximate surface area is 162 Å². The van der Waals surface area contributed by atoms with Crippen LogP contribution in [0.5, 0.6) is 0 Å². The highest BCUT2D eigenvalue weighted by Gasteiger charge is 2.23. The fourth-order valence-electron chi connectivity index (χ4n) is 3.27. The predicted octanol–water partition coefficient (Wildman–Crippen LogP) is 3.69. The molecule has 3 aromatic rings. The third-order valence-electron chi connectivity index (χ3n) is 4.84. The van der Waals surface area contributed by atoms with Crippen LogP contribution in [0.15, 0.2) is 35.7 Å². The molecule has 2 amide bonds. The van der Waals surface area contributed by atoms with Gasteiger partial charge in [0.1, 0.15) is 0 Å². The predicted molar refractivity (Wildman–Crippen MR) is 107 cm³/mol. The van der Waals surface area contributed by atoms with Gasteiger partial charge in [-0.05, 0) is 49.9 Å². The number of primary amides is 1. The minimum absolute atomic E-state index is 0.0745. The van der Waals surface area contributed by atoms with E-state index in [1.165, 1.54) is 11.3 Å². The molecule has 2 aromatic heterocycles. The van der Waals surface area contributed by atoms with E-state index in [9.17, 15) is 9.59 Å². The largest absolute Gasteiger partial charge is 0.365 e. The molecule has 0 aliphatic carbocycles. The Morgan fingerprint density at radius 2 is 1.85 bits per heavy atom. The lowest BCUT2D eigenvalue weighted by Crippen LogP contribution is -2.30. The van der Waals surface area contributed by atoms with Crippen molar-refractivity contribution in [1.82, 2.24) is 15.1 Å². The molecule has 0 saturated heterocycles. The van der Waals surface area contributed by atoms with E-state index in [0.29, 0.717) is 10.4 Å². The molecule has 140 valence electrons. The molecule has 1 unspecified atom stereocenters. The van der Waals surface area contributed by atoms with Crippen LogP contribution in [-0.2, 0) is 0 Å². The molecule has 0 aliphatic heterocycles. The summed E-state index contributed by atoms with van der Waals surface area (Å²) < 4.78 is 0. The van der Waals surface area contributed by atoms with Gasteiger partial charge in [0.2, 0.25) is 0 Å². The van der Waals surface area contributed by atoms with Gasteiger partial charge in [-0.25, -0.2) is 0 Å². The van der Waals surface area contributed by atoms with Gasteiger partial charge in [-0.2, -0.15) is 5.10 Å². The number of thiophene rings is 1. The number of hydrogen-bond acceptors (Lipinski definition) is 4. The first kappa shape index (κ1) is 18.8. The summed E-state index contributed by atoms with van der Waals surface area (Å²) in [5.41, 5.74) is 10.6. The number of aromatic amines is 1. The molecule has 2 heterocycles. The van der Waals surface area contributed by atoms with Gasteiger partial charge in [-0.15, -0.1) is 11.3 Å². The highest BCUT2D eigenvalue weighted by Crippen LogP contribution is 2.29. The lowest BCUT2D eigenvalue weighted by Gasteiger charge is -2.25. The molecular weight excluding hydrogens is 360 g/mol. The minimum atomic E-state index is -0.445. The van der Waals surface area contributed by atoms with Gasteiger partial charge in [-0.1, -0.05) is 12.1 Å². The van der Waals surface area contributed by atoms with Crippen LogP contribution in [0.4, 0.5) is 0 Å². The van der Waals surface area contributed by atoms with E-state index in [4.69, 9.17) is 5.73 Å². The number of amides is 2. The maximum atomic E-state index is 12.9. The van der Waals surface area contributed by atoms with E-state index < -0.39 is 5.91 Å². The number of nitrogens with two attached hydrogens (primary N) is 1. The standard InChI is InChI=1S/C20H22N4O2S/c1-11-17(12(2)23-22-11)13(3)24(4)20(26)15-7-5-14(6-8-15)16-9-10-27-18(16)19(21)25/h5-10,13H,1-4H3,(H2,21,25)(H,22,23). The van der Waals surface area contributed by atoms with Crippen LogP contribution in [0, 0.1) is 13.8 Å². The van der Waals surface area contributed by atoms with E-state index in [1.54, 1.807) is 24.1 Å². The smallest absolute Gasteiger partial charge is 0.259 e. The van der Waals surface area contributed by atoms with E-state index in [-0.39, 0.29) is 11.9 Å². The lowest BCUT2D eigenvalue weighted by atomic mass is 10.0. The van der Waals surface area contributed by atoms with Crippen molar-refractivity contribution in [2.45, 2.75) is 26.8 Å². The van der Waals surface area contributed by atoms with Crippen molar-refractivity contribution in [3.63, 3.8) is 0 Å². The topological polar surface area (TPSA) is 92.1 Å². The lowest BCUT2D eigenvalue weighted by molar-refractivity contribution is 0.0742. The molecule has 3 rings (SSSR count). The number of hydrogen-bond donors (Lipinski definition) is 2. The highest BCUT2D eigenvalue weighted by molar-refractivity contribution is 7.12. The Kier molecular flexibility index (Phi) is 5.14. The van der Waals surface area contributed by atoms with Crippen molar-refractivity contribution < 1.29 is 9.59 Å². The summed E-state index contributed by atoms with van der Waals surface area (Å²) in [7, 11) is 1.79. The molecule has 7 heteroatoms. The van der Waals surface area contributed by atoms with E-state index in [1.807, 2.05) is 44.4 Å². The third-order valence-corrected chi connectivity index (χ3v) is 5.77. The minimum Gasteiger partial charge on any atom is -0.365 e. The average Bonchev–Trinajstić information content (AvgIpc) is 3.27. The normalized spacial score (nSPS) is 12.0. The summed E-state index contributed by atoms with van der Waals surface area (Å²) in [5, 5.41) is 9.01. The first-order chi connectivity index (χ1) is 12.8. The molecule has 3 N–H and O–H groups in total. The highest BCUT2D eigenvalue weighted by atomic mass is 32.1. The molecule has 0 saturated carbocycles. The summed E-state index contributed by atoms with van der Waals surface area (Å²) in [4.78, 5) is 26.7. The van der Waals surface area contributed by atoms with Crippen molar-refractivity contribution >= 4 is 23.2 Å². The van der Waals surface area contributed by atoms with Gasteiger partial charge in [0.05, 0.1) is 16.6 Å². The van der Waals surface area contributed by atoms with Gasteiger partial charge in [-0.3, -0.25) is 14.7 Å². The maximum absolute atomic E-state index is 12.9. The fraction of sp³-hybridized carbons (Fsp3) is 0.250. The third kappa shape index (κ3) is 3.50. The molecule has 0 bridgehead atoms. The summed E-state index contributed by atoms with van der Waals surface area (Å²) in [6.45, 7) is 5.87. The molecule has 1 aromatic carbocycles. The van der Waals surface area contributed by atoms with Crippen molar-refractivity contribution in [1.29, 1.82) is 0 Å². The number of nitrogens with zero attached hydrogens (tertiary/aromatic N) is 2. The quantitative estimate of drug-likeness (QED) is 0.705. The Bertz CT molecular complexity index is 968. The number of aromatic nitrogens is 2. The number of H-pyrrole nitrogens is 1. The molecular formula is C20H22N4O2S. The van der Waals surface area contributed by atoms with Crippen molar-refractivity contribution in [2.24, 2.45) is 5.73 Å². The molecule has 0 aliphatic rings. The molecule has 0 radical (unpaired) electrons. The molecule has 0 spiro atoms. The Morgan fingerprint density at radius 1 is 1.19 bits per heavy atom. The Balaban J connectivity index is 1.83. The van der Waals surface area contributed by atoms with Crippen molar-refractivity contribution in [3.05, 3.63) is 63.1 Å². The number of carbonyl (C=O) groups is 2. The molecule has 6 nitrogen and oxygen atoms in total. The van der Waals surface area contributed by atoms with Crippen molar-refractivity contribution in [2.75, 3.05) is 7.05 Å². The van der Waals surface area contributed by atoms with Gasteiger partial charge < -0.3 is 10.6 Å². The Hall–Kier alpha value is -2.93. The summed E-state index contributed by atoms with van der Waals surface area (Å²) in [6, 6.07) is 8.99. The summed E-state index contributed by atoms with van der Waals surface area (Å²) in [6.07, 6.45) is 0. The van der Waals surface area contributed by atoms with Crippen LogP contribution in [0.3, 0.4) is 0 Å². The first-order valence-corrected chi connectivity index (χ1v) is 9.45. The second-order valence-electron chi connectivity index (χ2n) is 6.54. The van der Waals surface area contributed by atoms with Crippen LogP contribution in [0.1, 0.15) is 49.9 Å². The van der Waals surface area contributed by atoms with Crippen LogP contribution in [-0.4, -0.2) is 34.0 Å². The van der Waals surface area contributed by atoms with Gasteiger partial charge in [0, 0.05) is 29.4 Å². The number of aryl methyl sites for hydroxylation is 2. The molecule has 27 heavy (non-hydrogen) atoms. The fourth-order valence-corrected chi connectivity index (χ4v) is 4.04. The van der Waals surface area contributed by atoms with Gasteiger partial charge in [0.15, 0.2) is 0 Å². The van der Waals surface area contributed by atoms with Crippen LogP contribution < -0.4 is 5.73 Å². The maximum Gasteiger partial charge on any atom is 0.259 e. The average molecular weight is 382 g/mol. The summed E-state index contributed by atoms with van der Waals surface area (Å²) >= 11 is 1.31. The van der Waals surface area contributed by atoms with Crippen LogP contribution in [0.2, 0.25) is 0 Å². The zero-order chi connectivity index (χ0) is 19.7. The number of rotatable bonds is 5. The van der Waals surface area contributed by atoms with Crippen molar-refractivity contribution in [3.8, 4) is 11.1 Å². The Morgan fingerprint density at radius 3 is 2.41 bits per heavy atom. The molecule has 0 fully saturated rings. The van der Waals surface area contributed by atoms with E-state index in [0.717, 1.165) is 28.1 Å². The monoisotopic (exact) mass is 382 g/mol. The van der Waals surface area contributed by atoms with Crippen LogP contribution >= 0.6 is 11.3 Å². The zero-order valence-electron chi connectivity index (χ0n) is 15.7. The van der Waals surface area contributed by atoms with Gasteiger partial charge >= 0.3 is 0 Å². The number of carbonyl (C=O) groups excluding carboxylic acids is 2. The van der Waals surface area contributed by atoms with Crippen LogP contribution in [0.25, 0.3) is 11.1 Å². The first-order valence-electron chi connectivity index (χ1n) is 8.57. The van der Waals surface area contributed by atoms with E-state index in [2.05, 4.69) is 10.2 Å². The summed E-state index contributed by atoms with van der Waals surface area (Å²) in [5.74, 6) is -0.519. The second kappa shape index (κ2) is 7.36. The second-order valence-corrected chi connectivity index (χ2v) is 7.46. The SMILES string of the molecule is Cc1n[nH]c(C)c1C(C)N(C)C(=O)c1ccc(-c2ccsc2C(N)=O)cc1.